The number of aliphatic hydroxyl groups excluding tert-OH is 1. The minimum Gasteiger partial charge on any atom is -0.393 e. The van der Waals surface area contributed by atoms with Gasteiger partial charge in [-0.15, -0.1) is 11.3 Å². The standard InChI is InChI=1S/C6H9NOS/c1-5(8)4-6-7-2-3-9-6/h2-3,5,8H,4H2,1H3/t5-/m1/s1. The predicted molar refractivity (Wildman–Crippen MR) is 37.5 cm³/mol. The molecule has 1 aromatic rings. The minimum absolute atomic E-state index is 0.267. The zero-order valence-corrected chi connectivity index (χ0v) is 6.06. The molecule has 0 saturated carbocycles. The Hall–Kier alpha value is -0.410. The van der Waals surface area contributed by atoms with Crippen molar-refractivity contribution in [2.24, 2.45) is 0 Å². The molecule has 1 rings (SSSR count). The van der Waals surface area contributed by atoms with E-state index in [0.29, 0.717) is 6.42 Å². The van der Waals surface area contributed by atoms with Crippen molar-refractivity contribution in [3.63, 3.8) is 0 Å². The molecule has 0 aliphatic rings. The molecule has 9 heavy (non-hydrogen) atoms. The number of rotatable bonds is 2. The van der Waals surface area contributed by atoms with Gasteiger partial charge in [-0.3, -0.25) is 0 Å². The van der Waals surface area contributed by atoms with Gasteiger partial charge in [0.05, 0.1) is 11.1 Å². The average Bonchev–Trinajstić information content (AvgIpc) is 2.15. The molecule has 1 N–H and O–H groups in total. The molecule has 0 saturated heterocycles. The van der Waals surface area contributed by atoms with Crippen molar-refractivity contribution in [1.82, 2.24) is 4.98 Å². The number of aliphatic hydroxyl groups is 1. The molecule has 0 unspecified atom stereocenters. The lowest BCUT2D eigenvalue weighted by Gasteiger charge is -1.96. The average molecular weight is 143 g/mol. The predicted octanol–water partition coefficient (Wildman–Crippen LogP) is 1.07. The van der Waals surface area contributed by atoms with Gasteiger partial charge in [-0.1, -0.05) is 0 Å². The lowest BCUT2D eigenvalue weighted by atomic mass is 10.3. The number of hydrogen-bond acceptors (Lipinski definition) is 3. The van der Waals surface area contributed by atoms with Crippen molar-refractivity contribution < 1.29 is 5.11 Å². The summed E-state index contributed by atoms with van der Waals surface area (Å²) in [6.45, 7) is 1.77. The maximum atomic E-state index is 8.89. The normalized spacial score (nSPS) is 13.6. The first-order chi connectivity index (χ1) is 4.29. The van der Waals surface area contributed by atoms with Gasteiger partial charge in [0.25, 0.3) is 0 Å². The summed E-state index contributed by atoms with van der Waals surface area (Å²) in [4.78, 5) is 4.01. The first-order valence-corrected chi connectivity index (χ1v) is 3.73. The molecule has 1 aromatic heterocycles. The van der Waals surface area contributed by atoms with E-state index >= 15 is 0 Å². The summed E-state index contributed by atoms with van der Waals surface area (Å²) in [6, 6.07) is 0. The summed E-state index contributed by atoms with van der Waals surface area (Å²) in [6.07, 6.45) is 2.16. The van der Waals surface area contributed by atoms with Gasteiger partial charge in [0.15, 0.2) is 0 Å². The summed E-state index contributed by atoms with van der Waals surface area (Å²) in [7, 11) is 0. The SMILES string of the molecule is C[C@@H](O)Cc1nccs1. The molecule has 0 amide bonds. The van der Waals surface area contributed by atoms with Crippen molar-refractivity contribution in [2.45, 2.75) is 19.4 Å². The summed E-state index contributed by atoms with van der Waals surface area (Å²) < 4.78 is 0. The fourth-order valence-electron chi connectivity index (χ4n) is 0.606. The molecule has 0 fully saturated rings. The Morgan fingerprint density at radius 1 is 1.89 bits per heavy atom. The Morgan fingerprint density at radius 2 is 2.67 bits per heavy atom. The van der Waals surface area contributed by atoms with Gasteiger partial charge >= 0.3 is 0 Å². The quantitative estimate of drug-likeness (QED) is 0.671. The second-order valence-corrected chi connectivity index (χ2v) is 2.96. The van der Waals surface area contributed by atoms with Gasteiger partial charge in [-0.25, -0.2) is 4.98 Å². The van der Waals surface area contributed by atoms with E-state index in [1.54, 1.807) is 24.5 Å². The van der Waals surface area contributed by atoms with Crippen LogP contribution < -0.4 is 0 Å². The van der Waals surface area contributed by atoms with E-state index in [1.807, 2.05) is 5.38 Å². The Morgan fingerprint density at radius 3 is 3.11 bits per heavy atom. The van der Waals surface area contributed by atoms with Crippen LogP contribution in [0.4, 0.5) is 0 Å². The molecular weight excluding hydrogens is 134 g/mol. The van der Waals surface area contributed by atoms with Crippen LogP contribution in [-0.2, 0) is 6.42 Å². The van der Waals surface area contributed by atoms with Crippen LogP contribution in [0.3, 0.4) is 0 Å². The molecule has 0 aliphatic carbocycles. The molecule has 3 heteroatoms. The van der Waals surface area contributed by atoms with Crippen molar-refractivity contribution in [3.05, 3.63) is 16.6 Å². The summed E-state index contributed by atoms with van der Waals surface area (Å²) in [5.41, 5.74) is 0. The molecule has 0 bridgehead atoms. The van der Waals surface area contributed by atoms with Crippen LogP contribution in [0, 0.1) is 0 Å². The third-order valence-electron chi connectivity index (χ3n) is 0.953. The number of aromatic nitrogens is 1. The van der Waals surface area contributed by atoms with Gasteiger partial charge in [0.1, 0.15) is 0 Å². The maximum Gasteiger partial charge on any atom is 0.0950 e. The van der Waals surface area contributed by atoms with Gasteiger partial charge in [-0.05, 0) is 6.92 Å². The third kappa shape index (κ3) is 2.11. The summed E-state index contributed by atoms with van der Waals surface area (Å²) >= 11 is 1.58. The van der Waals surface area contributed by atoms with Crippen molar-refractivity contribution in [3.8, 4) is 0 Å². The third-order valence-corrected chi connectivity index (χ3v) is 1.76. The van der Waals surface area contributed by atoms with E-state index in [9.17, 15) is 0 Å². The van der Waals surface area contributed by atoms with Crippen molar-refractivity contribution >= 4 is 11.3 Å². The van der Waals surface area contributed by atoms with Gasteiger partial charge in [-0.2, -0.15) is 0 Å². The molecule has 0 spiro atoms. The monoisotopic (exact) mass is 143 g/mol. The fraction of sp³-hybridized carbons (Fsp3) is 0.500. The number of nitrogens with zero attached hydrogens (tertiary/aromatic N) is 1. The lowest BCUT2D eigenvalue weighted by Crippen LogP contribution is -2.02. The Labute approximate surface area is 58.2 Å². The topological polar surface area (TPSA) is 33.1 Å². The molecule has 0 aromatic carbocycles. The number of hydrogen-bond donors (Lipinski definition) is 1. The van der Waals surface area contributed by atoms with Crippen LogP contribution in [0.1, 0.15) is 11.9 Å². The second kappa shape index (κ2) is 2.94. The smallest absolute Gasteiger partial charge is 0.0950 e. The van der Waals surface area contributed by atoms with Crippen LogP contribution in [0.15, 0.2) is 11.6 Å². The zero-order valence-electron chi connectivity index (χ0n) is 5.24. The van der Waals surface area contributed by atoms with Crippen molar-refractivity contribution in [1.29, 1.82) is 0 Å². The van der Waals surface area contributed by atoms with E-state index in [0.717, 1.165) is 5.01 Å². The van der Waals surface area contributed by atoms with E-state index in [4.69, 9.17) is 5.11 Å². The first-order valence-electron chi connectivity index (χ1n) is 2.85. The van der Waals surface area contributed by atoms with E-state index < -0.39 is 0 Å². The van der Waals surface area contributed by atoms with Gasteiger partial charge in [0.2, 0.25) is 0 Å². The highest BCUT2D eigenvalue weighted by molar-refractivity contribution is 7.09. The molecule has 1 atom stereocenters. The van der Waals surface area contributed by atoms with E-state index in [1.165, 1.54) is 0 Å². The number of thiazole rings is 1. The zero-order chi connectivity index (χ0) is 6.69. The van der Waals surface area contributed by atoms with E-state index in [-0.39, 0.29) is 6.10 Å². The van der Waals surface area contributed by atoms with Gasteiger partial charge < -0.3 is 5.11 Å². The molecule has 1 heterocycles. The van der Waals surface area contributed by atoms with E-state index in [2.05, 4.69) is 4.98 Å². The minimum atomic E-state index is -0.267. The second-order valence-electron chi connectivity index (χ2n) is 1.98. The van der Waals surface area contributed by atoms with Crippen LogP contribution in [-0.4, -0.2) is 16.2 Å². The summed E-state index contributed by atoms with van der Waals surface area (Å²) in [5, 5.41) is 11.8. The fourth-order valence-corrected chi connectivity index (χ4v) is 1.34. The maximum absolute atomic E-state index is 8.89. The summed E-state index contributed by atoms with van der Waals surface area (Å²) in [5.74, 6) is 0. The Kier molecular flexibility index (Phi) is 2.19. The van der Waals surface area contributed by atoms with Crippen LogP contribution in [0.2, 0.25) is 0 Å². The molecular formula is C6H9NOS. The highest BCUT2D eigenvalue weighted by Crippen LogP contribution is 2.05. The van der Waals surface area contributed by atoms with Crippen LogP contribution in [0.5, 0.6) is 0 Å². The highest BCUT2D eigenvalue weighted by atomic mass is 32.1. The molecule has 0 aliphatic heterocycles. The lowest BCUT2D eigenvalue weighted by molar-refractivity contribution is 0.195. The largest absolute Gasteiger partial charge is 0.393 e. The first kappa shape index (κ1) is 6.71. The van der Waals surface area contributed by atoms with Crippen LogP contribution in [0.25, 0.3) is 0 Å². The van der Waals surface area contributed by atoms with Crippen molar-refractivity contribution in [2.75, 3.05) is 0 Å². The van der Waals surface area contributed by atoms with Gasteiger partial charge in [0, 0.05) is 18.0 Å². The van der Waals surface area contributed by atoms with Crippen LogP contribution >= 0.6 is 11.3 Å². The highest BCUT2D eigenvalue weighted by Gasteiger charge is 1.98. The molecule has 50 valence electrons. The molecule has 2 nitrogen and oxygen atoms in total. The molecule has 0 radical (unpaired) electrons. The Balaban J connectivity index is 2.48. The Bertz CT molecular complexity index is 160.